The highest BCUT2D eigenvalue weighted by atomic mass is 32.1. The van der Waals surface area contributed by atoms with E-state index in [4.69, 9.17) is 5.10 Å². The molecule has 4 aromatic heterocycles. The third kappa shape index (κ3) is 3.21. The van der Waals surface area contributed by atoms with E-state index in [-0.39, 0.29) is 0 Å². The number of para-hydroxylation sites is 1. The summed E-state index contributed by atoms with van der Waals surface area (Å²) >= 11 is 1.50. The lowest BCUT2D eigenvalue weighted by atomic mass is 10.1. The molecule has 0 radical (unpaired) electrons. The van der Waals surface area contributed by atoms with Gasteiger partial charge in [0.1, 0.15) is 5.69 Å². The van der Waals surface area contributed by atoms with E-state index in [0.29, 0.717) is 0 Å². The van der Waals surface area contributed by atoms with Crippen LogP contribution in [0.25, 0.3) is 21.3 Å². The minimum atomic E-state index is 0.745. The number of hydrogen-bond donors (Lipinski definition) is 0. The van der Waals surface area contributed by atoms with E-state index in [2.05, 4.69) is 46.3 Å². The summed E-state index contributed by atoms with van der Waals surface area (Å²) in [6, 6.07) is 16.0. The third-order valence-corrected chi connectivity index (χ3v) is 5.90. The summed E-state index contributed by atoms with van der Waals surface area (Å²) < 4.78 is 3.84. The van der Waals surface area contributed by atoms with Crippen LogP contribution in [0, 0.1) is 13.8 Å². The Morgan fingerprint density at radius 2 is 1.72 bits per heavy atom. The molecule has 0 fully saturated rings. The first-order valence-corrected chi connectivity index (χ1v) is 10.3. The molecule has 1 aromatic carbocycles. The first-order valence-electron chi connectivity index (χ1n) is 9.44. The molecule has 0 saturated heterocycles. The highest BCUT2D eigenvalue weighted by Crippen LogP contribution is 2.24. The molecule has 0 N–H and O–H groups in total. The fraction of sp³-hybridized carbons (Fsp3) is 0.190. The second kappa shape index (κ2) is 7.21. The van der Waals surface area contributed by atoms with Crippen LogP contribution >= 0.6 is 11.3 Å². The Morgan fingerprint density at radius 1 is 0.897 bits per heavy atom. The fourth-order valence-electron chi connectivity index (χ4n) is 3.50. The first-order chi connectivity index (χ1) is 14.2. The van der Waals surface area contributed by atoms with Crippen molar-refractivity contribution in [2.24, 2.45) is 0 Å². The molecule has 5 rings (SSSR count). The Balaban J connectivity index is 1.41. The van der Waals surface area contributed by atoms with Crippen molar-refractivity contribution >= 4 is 16.3 Å². The van der Waals surface area contributed by atoms with Gasteiger partial charge in [0.15, 0.2) is 10.8 Å². The molecule has 4 heterocycles. The molecule has 0 aliphatic carbocycles. The molecule has 0 spiro atoms. The van der Waals surface area contributed by atoms with Crippen molar-refractivity contribution in [1.29, 1.82) is 0 Å². The topological polar surface area (TPSA) is 73.8 Å². The second-order valence-electron chi connectivity index (χ2n) is 6.83. The molecule has 8 heteroatoms. The van der Waals surface area contributed by atoms with Gasteiger partial charge in [0.05, 0.1) is 11.4 Å². The van der Waals surface area contributed by atoms with Crippen LogP contribution < -0.4 is 0 Å². The van der Waals surface area contributed by atoms with Gasteiger partial charge in [-0.15, -0.1) is 10.2 Å². The smallest absolute Gasteiger partial charge is 0.235 e. The van der Waals surface area contributed by atoms with Gasteiger partial charge in [0, 0.05) is 18.3 Å². The summed E-state index contributed by atoms with van der Waals surface area (Å²) in [5, 5.41) is 18.9. The highest BCUT2D eigenvalue weighted by molar-refractivity contribution is 7.19. The van der Waals surface area contributed by atoms with Gasteiger partial charge in [-0.1, -0.05) is 35.6 Å². The quantitative estimate of drug-likeness (QED) is 0.447. The maximum Gasteiger partial charge on any atom is 0.235 e. The zero-order valence-electron chi connectivity index (χ0n) is 16.1. The lowest BCUT2D eigenvalue weighted by molar-refractivity contribution is 0.786. The van der Waals surface area contributed by atoms with Gasteiger partial charge in [-0.2, -0.15) is 14.7 Å². The van der Waals surface area contributed by atoms with E-state index in [1.807, 2.05) is 45.6 Å². The molecule has 7 nitrogen and oxygen atoms in total. The van der Waals surface area contributed by atoms with Crippen molar-refractivity contribution < 1.29 is 0 Å². The third-order valence-electron chi connectivity index (χ3n) is 4.98. The summed E-state index contributed by atoms with van der Waals surface area (Å²) in [4.78, 5) is 5.16. The van der Waals surface area contributed by atoms with Crippen molar-refractivity contribution in [3.05, 3.63) is 77.5 Å². The van der Waals surface area contributed by atoms with Crippen LogP contribution in [0.15, 0.2) is 54.7 Å². The monoisotopic (exact) mass is 401 g/mol. The van der Waals surface area contributed by atoms with Gasteiger partial charge < -0.3 is 0 Å². The van der Waals surface area contributed by atoms with Crippen molar-refractivity contribution in [3.8, 4) is 16.4 Å². The summed E-state index contributed by atoms with van der Waals surface area (Å²) in [7, 11) is 0. The van der Waals surface area contributed by atoms with E-state index < -0.39 is 0 Å². The number of fused-ring (bicyclic) bond motifs is 1. The van der Waals surface area contributed by atoms with Gasteiger partial charge in [0.25, 0.3) is 0 Å². The highest BCUT2D eigenvalue weighted by Gasteiger charge is 2.17. The molecule has 0 unspecified atom stereocenters. The number of nitrogens with zero attached hydrogens (tertiary/aromatic N) is 7. The molecule has 0 saturated carbocycles. The van der Waals surface area contributed by atoms with Crippen molar-refractivity contribution in [2.45, 2.75) is 26.7 Å². The lowest BCUT2D eigenvalue weighted by Gasteiger charge is -2.05. The second-order valence-corrected chi connectivity index (χ2v) is 7.79. The molecule has 0 bridgehead atoms. The zero-order chi connectivity index (χ0) is 19.8. The molecule has 0 aliphatic heterocycles. The molecular formula is C21H19N7S. The Labute approximate surface area is 171 Å². The molecular weight excluding hydrogens is 382 g/mol. The van der Waals surface area contributed by atoms with Crippen LogP contribution in [0.4, 0.5) is 0 Å². The summed E-state index contributed by atoms with van der Waals surface area (Å²) in [5.74, 6) is 0.852. The standard InChI is InChI=1S/C21H19N7S/c1-14-17(15(2)27(25-14)16-8-4-3-5-9-16)11-12-19-23-24-21-28(19)26-20(29-21)18-10-6-7-13-22-18/h3-10,13H,11-12H2,1-2H3. The molecule has 144 valence electrons. The van der Waals surface area contributed by atoms with E-state index in [0.717, 1.165) is 51.4 Å². The number of aryl methyl sites for hydroxylation is 2. The molecule has 0 amide bonds. The van der Waals surface area contributed by atoms with Crippen LogP contribution in [0.3, 0.4) is 0 Å². The Hall–Kier alpha value is -3.39. The average Bonchev–Trinajstić information content (AvgIpc) is 3.42. The predicted octanol–water partition coefficient (Wildman–Crippen LogP) is 3.84. The van der Waals surface area contributed by atoms with E-state index in [1.165, 1.54) is 16.9 Å². The SMILES string of the molecule is Cc1nn(-c2ccccc2)c(C)c1CCc1nnc2sc(-c3ccccn3)nn12. The number of rotatable bonds is 5. The summed E-state index contributed by atoms with van der Waals surface area (Å²) in [6.45, 7) is 4.17. The fourth-order valence-corrected chi connectivity index (χ4v) is 4.34. The number of pyridine rings is 1. The maximum absolute atomic E-state index is 4.74. The van der Waals surface area contributed by atoms with E-state index in [9.17, 15) is 0 Å². The maximum atomic E-state index is 4.74. The van der Waals surface area contributed by atoms with Crippen LogP contribution in [0.2, 0.25) is 0 Å². The minimum absolute atomic E-state index is 0.745. The van der Waals surface area contributed by atoms with Crippen LogP contribution in [-0.2, 0) is 12.8 Å². The van der Waals surface area contributed by atoms with Crippen LogP contribution in [0.1, 0.15) is 22.8 Å². The minimum Gasteiger partial charge on any atom is -0.254 e. The van der Waals surface area contributed by atoms with Crippen molar-refractivity contribution in [3.63, 3.8) is 0 Å². The summed E-state index contributed by atoms with van der Waals surface area (Å²) in [5.41, 5.74) is 5.36. The van der Waals surface area contributed by atoms with Gasteiger partial charge in [0.2, 0.25) is 4.96 Å². The summed E-state index contributed by atoms with van der Waals surface area (Å²) in [6.07, 6.45) is 3.35. The molecule has 29 heavy (non-hydrogen) atoms. The largest absolute Gasteiger partial charge is 0.254 e. The van der Waals surface area contributed by atoms with E-state index in [1.54, 1.807) is 6.20 Å². The number of aromatic nitrogens is 7. The normalized spacial score (nSPS) is 11.4. The van der Waals surface area contributed by atoms with Gasteiger partial charge in [-0.05, 0) is 50.1 Å². The van der Waals surface area contributed by atoms with E-state index >= 15 is 0 Å². The molecule has 0 aliphatic rings. The number of benzene rings is 1. The van der Waals surface area contributed by atoms with Gasteiger partial charge in [-0.3, -0.25) is 4.98 Å². The lowest BCUT2D eigenvalue weighted by Crippen LogP contribution is -2.02. The predicted molar refractivity (Wildman–Crippen MR) is 112 cm³/mol. The molecule has 0 atom stereocenters. The Morgan fingerprint density at radius 3 is 2.52 bits per heavy atom. The van der Waals surface area contributed by atoms with Gasteiger partial charge in [-0.25, -0.2) is 4.68 Å². The van der Waals surface area contributed by atoms with Gasteiger partial charge >= 0.3 is 0 Å². The Kier molecular flexibility index (Phi) is 4.40. The van der Waals surface area contributed by atoms with Crippen LogP contribution in [-0.4, -0.2) is 34.6 Å². The zero-order valence-corrected chi connectivity index (χ0v) is 17.0. The Bertz CT molecular complexity index is 1270. The molecule has 5 aromatic rings. The van der Waals surface area contributed by atoms with Crippen molar-refractivity contribution in [1.82, 2.24) is 34.6 Å². The number of hydrogen-bond acceptors (Lipinski definition) is 6. The average molecular weight is 401 g/mol. The van der Waals surface area contributed by atoms with Crippen LogP contribution in [0.5, 0.6) is 0 Å². The first kappa shape index (κ1) is 17.7. The van der Waals surface area contributed by atoms with Crippen molar-refractivity contribution in [2.75, 3.05) is 0 Å².